The number of aromatic nitrogens is 1. The van der Waals surface area contributed by atoms with Gasteiger partial charge in [0.15, 0.2) is 5.78 Å². The monoisotopic (exact) mass is 255 g/mol. The minimum Gasteiger partial charge on any atom is -0.294 e. The van der Waals surface area contributed by atoms with Gasteiger partial charge in [-0.25, -0.2) is 0 Å². The second-order valence-corrected chi connectivity index (χ2v) is 4.36. The van der Waals surface area contributed by atoms with E-state index in [0.29, 0.717) is 5.56 Å². The number of pyridine rings is 1. The lowest BCUT2D eigenvalue weighted by atomic mass is 9.96. The topological polar surface area (TPSA) is 30.0 Å². The molecular weight excluding hydrogens is 242 g/mol. The number of halogens is 1. The van der Waals surface area contributed by atoms with Crippen LogP contribution in [0.1, 0.15) is 37.0 Å². The molecule has 0 saturated carbocycles. The number of nitrogens with zero attached hydrogens (tertiary/aromatic N) is 1. The fourth-order valence-corrected chi connectivity index (χ4v) is 1.76. The van der Waals surface area contributed by atoms with Crippen molar-refractivity contribution in [2.75, 3.05) is 0 Å². The first kappa shape index (κ1) is 11.4. The molecule has 0 N–H and O–H groups in total. The molecule has 0 saturated heterocycles. The van der Waals surface area contributed by atoms with E-state index in [1.807, 2.05) is 13.0 Å². The van der Waals surface area contributed by atoms with Crippen molar-refractivity contribution in [2.24, 2.45) is 5.92 Å². The average Bonchev–Trinajstić information content (AvgIpc) is 2.17. The lowest BCUT2D eigenvalue weighted by molar-refractivity contribution is 0.0923. The molecule has 76 valence electrons. The van der Waals surface area contributed by atoms with Crippen LogP contribution in [0.15, 0.2) is 22.9 Å². The number of hydrogen-bond donors (Lipinski definition) is 0. The Labute approximate surface area is 92.9 Å². The van der Waals surface area contributed by atoms with Gasteiger partial charge in [-0.1, -0.05) is 20.3 Å². The van der Waals surface area contributed by atoms with Gasteiger partial charge in [0.25, 0.3) is 0 Å². The Balaban J connectivity index is 2.78. The molecule has 1 rings (SSSR count). The van der Waals surface area contributed by atoms with Crippen LogP contribution < -0.4 is 0 Å². The van der Waals surface area contributed by atoms with Gasteiger partial charge in [0.05, 0.1) is 0 Å². The van der Waals surface area contributed by atoms with Gasteiger partial charge >= 0.3 is 0 Å². The highest BCUT2D eigenvalue weighted by Gasteiger charge is 2.14. The van der Waals surface area contributed by atoms with Crippen LogP contribution in [0.3, 0.4) is 0 Å². The van der Waals surface area contributed by atoms with Crippen LogP contribution in [0.2, 0.25) is 0 Å². The normalized spacial score (nSPS) is 12.5. The maximum atomic E-state index is 11.8. The third-order valence-corrected chi connectivity index (χ3v) is 2.59. The zero-order chi connectivity index (χ0) is 10.6. The summed E-state index contributed by atoms with van der Waals surface area (Å²) in [6, 6.07) is 1.82. The van der Waals surface area contributed by atoms with Crippen molar-refractivity contribution in [3.05, 3.63) is 28.5 Å². The first-order chi connectivity index (χ1) is 6.65. The summed E-state index contributed by atoms with van der Waals surface area (Å²) in [5, 5.41) is 0. The quantitative estimate of drug-likeness (QED) is 0.772. The maximum absolute atomic E-state index is 11.8. The highest BCUT2D eigenvalue weighted by atomic mass is 79.9. The fourth-order valence-electron chi connectivity index (χ4n) is 1.40. The highest BCUT2D eigenvalue weighted by Crippen LogP contribution is 2.16. The lowest BCUT2D eigenvalue weighted by Crippen LogP contribution is -2.11. The molecule has 0 spiro atoms. The molecule has 1 atom stereocenters. The van der Waals surface area contributed by atoms with Gasteiger partial charge in [-0.15, -0.1) is 0 Å². The number of carbonyl (C=O) groups excluding carboxylic acids is 1. The second-order valence-electron chi connectivity index (χ2n) is 3.45. The first-order valence-corrected chi connectivity index (χ1v) is 5.59. The molecule has 0 amide bonds. The van der Waals surface area contributed by atoms with E-state index < -0.39 is 0 Å². The summed E-state index contributed by atoms with van der Waals surface area (Å²) in [5.74, 6) is 0.275. The average molecular weight is 256 g/mol. The van der Waals surface area contributed by atoms with Gasteiger partial charge in [-0.2, -0.15) is 0 Å². The van der Waals surface area contributed by atoms with Crippen LogP contribution in [-0.4, -0.2) is 10.8 Å². The predicted molar refractivity (Wildman–Crippen MR) is 60.3 cm³/mol. The van der Waals surface area contributed by atoms with Crippen molar-refractivity contribution < 1.29 is 4.79 Å². The van der Waals surface area contributed by atoms with Crippen molar-refractivity contribution in [2.45, 2.75) is 26.7 Å². The van der Waals surface area contributed by atoms with Crippen molar-refractivity contribution in [1.82, 2.24) is 4.98 Å². The Morgan fingerprint density at radius 2 is 2.29 bits per heavy atom. The van der Waals surface area contributed by atoms with Gasteiger partial charge in [0.2, 0.25) is 0 Å². The van der Waals surface area contributed by atoms with E-state index in [-0.39, 0.29) is 11.7 Å². The molecule has 1 aromatic rings. The molecule has 1 aromatic heterocycles. The number of rotatable bonds is 4. The van der Waals surface area contributed by atoms with Gasteiger partial charge in [0, 0.05) is 28.3 Å². The molecule has 0 aliphatic rings. The van der Waals surface area contributed by atoms with Gasteiger partial charge < -0.3 is 0 Å². The van der Waals surface area contributed by atoms with Crippen LogP contribution in [-0.2, 0) is 0 Å². The molecule has 2 nitrogen and oxygen atoms in total. The molecule has 0 bridgehead atoms. The Kier molecular flexibility index (Phi) is 4.26. The summed E-state index contributed by atoms with van der Waals surface area (Å²) in [6.07, 6.45) is 5.28. The van der Waals surface area contributed by atoms with Crippen LogP contribution in [0.5, 0.6) is 0 Å². The summed E-state index contributed by atoms with van der Waals surface area (Å²) < 4.78 is 0.854. The molecule has 0 fully saturated rings. The third kappa shape index (κ3) is 2.91. The van der Waals surface area contributed by atoms with E-state index in [1.54, 1.807) is 12.4 Å². The minimum atomic E-state index is 0.0936. The first-order valence-electron chi connectivity index (χ1n) is 4.80. The molecule has 1 unspecified atom stereocenters. The molecule has 3 heteroatoms. The Bertz CT molecular complexity index is 325. The standard InChI is InChI=1S/C11H14BrNO/c1-3-4-8(2)11(14)9-5-10(12)7-13-6-9/h5-8H,3-4H2,1-2H3. The summed E-state index contributed by atoms with van der Waals surface area (Å²) in [6.45, 7) is 4.05. The third-order valence-electron chi connectivity index (χ3n) is 2.16. The van der Waals surface area contributed by atoms with Crippen molar-refractivity contribution in [1.29, 1.82) is 0 Å². The predicted octanol–water partition coefficient (Wildman–Crippen LogP) is 3.46. The minimum absolute atomic E-state index is 0.0936. The number of hydrogen-bond acceptors (Lipinski definition) is 2. The Morgan fingerprint density at radius 3 is 2.86 bits per heavy atom. The zero-order valence-corrected chi connectivity index (χ0v) is 10.0. The summed E-state index contributed by atoms with van der Waals surface area (Å²) in [7, 11) is 0. The highest BCUT2D eigenvalue weighted by molar-refractivity contribution is 9.10. The smallest absolute Gasteiger partial charge is 0.167 e. The van der Waals surface area contributed by atoms with E-state index >= 15 is 0 Å². The van der Waals surface area contributed by atoms with Crippen LogP contribution in [0.4, 0.5) is 0 Å². The molecule has 0 aromatic carbocycles. The number of Topliss-reactive ketones (excluding diaryl/α,β-unsaturated/α-hetero) is 1. The van der Waals surface area contributed by atoms with Gasteiger partial charge in [-0.3, -0.25) is 9.78 Å². The van der Waals surface area contributed by atoms with Crippen LogP contribution in [0, 0.1) is 5.92 Å². The summed E-state index contributed by atoms with van der Waals surface area (Å²) in [4.78, 5) is 15.8. The maximum Gasteiger partial charge on any atom is 0.167 e. The van der Waals surface area contributed by atoms with E-state index in [1.165, 1.54) is 0 Å². The Morgan fingerprint density at radius 1 is 1.57 bits per heavy atom. The molecular formula is C11H14BrNO. The molecule has 1 heterocycles. The van der Waals surface area contributed by atoms with Gasteiger partial charge in [-0.05, 0) is 28.4 Å². The molecule has 0 radical (unpaired) electrons. The second kappa shape index (κ2) is 5.25. The van der Waals surface area contributed by atoms with Crippen molar-refractivity contribution in [3.63, 3.8) is 0 Å². The molecule has 0 aliphatic carbocycles. The molecule has 0 aliphatic heterocycles. The summed E-state index contributed by atoms with van der Waals surface area (Å²) in [5.41, 5.74) is 0.695. The lowest BCUT2D eigenvalue weighted by Gasteiger charge is -2.08. The van der Waals surface area contributed by atoms with Crippen LogP contribution >= 0.6 is 15.9 Å². The van der Waals surface area contributed by atoms with Crippen molar-refractivity contribution >= 4 is 21.7 Å². The van der Waals surface area contributed by atoms with E-state index in [4.69, 9.17) is 0 Å². The van der Waals surface area contributed by atoms with E-state index in [2.05, 4.69) is 27.8 Å². The largest absolute Gasteiger partial charge is 0.294 e. The van der Waals surface area contributed by atoms with E-state index in [9.17, 15) is 4.79 Å². The summed E-state index contributed by atoms with van der Waals surface area (Å²) >= 11 is 3.30. The van der Waals surface area contributed by atoms with Crippen molar-refractivity contribution in [3.8, 4) is 0 Å². The van der Waals surface area contributed by atoms with Crippen LogP contribution in [0.25, 0.3) is 0 Å². The fraction of sp³-hybridized carbons (Fsp3) is 0.455. The van der Waals surface area contributed by atoms with E-state index in [0.717, 1.165) is 17.3 Å². The molecule has 14 heavy (non-hydrogen) atoms. The SMILES string of the molecule is CCCC(C)C(=O)c1cncc(Br)c1. The zero-order valence-electron chi connectivity index (χ0n) is 8.46. The number of ketones is 1. The number of carbonyl (C=O) groups is 1. The Hall–Kier alpha value is -0.700. The van der Waals surface area contributed by atoms with Gasteiger partial charge in [0.1, 0.15) is 0 Å².